The van der Waals surface area contributed by atoms with Crippen molar-refractivity contribution in [1.82, 2.24) is 10.7 Å². The largest absolute Gasteiger partial charge is 0.494 e. The Bertz CT molecular complexity index is 926. The van der Waals surface area contributed by atoms with Crippen LogP contribution in [-0.4, -0.2) is 43.2 Å². The topological polar surface area (TPSA) is 118 Å². The van der Waals surface area contributed by atoms with Crippen molar-refractivity contribution in [3.05, 3.63) is 54.1 Å². The van der Waals surface area contributed by atoms with Crippen molar-refractivity contribution in [1.29, 1.82) is 0 Å². The highest BCUT2D eigenvalue weighted by atomic mass is 16.5. The van der Waals surface area contributed by atoms with Gasteiger partial charge in [0.25, 0.3) is 5.91 Å². The second-order valence-electron chi connectivity index (χ2n) is 6.85. The van der Waals surface area contributed by atoms with Gasteiger partial charge in [0.05, 0.1) is 12.8 Å². The summed E-state index contributed by atoms with van der Waals surface area (Å²) in [5.41, 5.74) is 3.50. The zero-order valence-corrected chi connectivity index (χ0v) is 18.4. The number of ether oxygens (including phenoxy) is 2. The van der Waals surface area contributed by atoms with Gasteiger partial charge in [0.1, 0.15) is 11.5 Å². The number of rotatable bonds is 10. The lowest BCUT2D eigenvalue weighted by Crippen LogP contribution is -2.41. The number of carbonyl (C=O) groups is 3. The van der Waals surface area contributed by atoms with E-state index in [9.17, 15) is 14.4 Å². The molecule has 0 heterocycles. The molecule has 0 saturated carbocycles. The minimum absolute atomic E-state index is 0.0900. The van der Waals surface area contributed by atoms with Gasteiger partial charge in [-0.3, -0.25) is 14.4 Å². The third-order valence-electron chi connectivity index (χ3n) is 4.27. The lowest BCUT2D eigenvalue weighted by atomic mass is 10.2. The number of nitrogens with one attached hydrogen (secondary N) is 3. The third-order valence-corrected chi connectivity index (χ3v) is 4.27. The quantitative estimate of drug-likeness (QED) is 0.298. The van der Waals surface area contributed by atoms with E-state index in [0.717, 1.165) is 12.2 Å². The molecule has 32 heavy (non-hydrogen) atoms. The Labute approximate surface area is 187 Å². The summed E-state index contributed by atoms with van der Waals surface area (Å²) in [7, 11) is 0. The molecule has 0 saturated heterocycles. The highest BCUT2D eigenvalue weighted by Gasteiger charge is 2.14. The molecule has 0 spiro atoms. The van der Waals surface area contributed by atoms with Crippen LogP contribution in [0, 0.1) is 0 Å². The molecule has 0 fully saturated rings. The standard InChI is InChI=1S/C23H28N4O5/c1-4-16(3)25-22(29)23(30)27-24-14-17-6-10-20(11-7-17)32-15-21(28)26-18-8-12-19(13-9-18)31-5-2/h6-14,16H,4-5,15H2,1-3H3,(H,25,29)(H,26,28)(H,27,30)/b24-14-/t16-/m0/s1. The normalized spacial score (nSPS) is 11.5. The van der Waals surface area contributed by atoms with Crippen LogP contribution in [0.25, 0.3) is 0 Å². The molecule has 2 rings (SSSR count). The van der Waals surface area contributed by atoms with Crippen molar-refractivity contribution in [3.8, 4) is 11.5 Å². The van der Waals surface area contributed by atoms with Crippen LogP contribution in [0.1, 0.15) is 32.8 Å². The predicted octanol–water partition coefficient (Wildman–Crippen LogP) is 2.47. The third kappa shape index (κ3) is 8.47. The number of hydrazone groups is 1. The number of nitrogens with zero attached hydrogens (tertiary/aromatic N) is 1. The molecule has 170 valence electrons. The van der Waals surface area contributed by atoms with E-state index in [4.69, 9.17) is 9.47 Å². The second-order valence-corrected chi connectivity index (χ2v) is 6.85. The van der Waals surface area contributed by atoms with E-state index < -0.39 is 11.8 Å². The summed E-state index contributed by atoms with van der Waals surface area (Å²) in [5.74, 6) is -0.623. The molecule has 0 unspecified atom stereocenters. The van der Waals surface area contributed by atoms with Gasteiger partial charge in [0, 0.05) is 11.7 Å². The van der Waals surface area contributed by atoms with E-state index in [-0.39, 0.29) is 18.6 Å². The van der Waals surface area contributed by atoms with Crippen LogP contribution in [0.15, 0.2) is 53.6 Å². The van der Waals surface area contributed by atoms with Crippen molar-refractivity contribution in [2.24, 2.45) is 5.10 Å². The Kier molecular flexibility index (Phi) is 9.70. The highest BCUT2D eigenvalue weighted by molar-refractivity contribution is 6.35. The van der Waals surface area contributed by atoms with Crippen molar-refractivity contribution in [2.75, 3.05) is 18.5 Å². The van der Waals surface area contributed by atoms with Crippen LogP contribution < -0.4 is 25.5 Å². The maximum atomic E-state index is 12.0. The summed E-state index contributed by atoms with van der Waals surface area (Å²) in [6.45, 7) is 6.04. The monoisotopic (exact) mass is 440 g/mol. The fourth-order valence-electron chi connectivity index (χ4n) is 2.40. The Hall–Kier alpha value is -3.88. The Morgan fingerprint density at radius 3 is 2.19 bits per heavy atom. The number of hydrogen-bond acceptors (Lipinski definition) is 6. The van der Waals surface area contributed by atoms with E-state index in [1.165, 1.54) is 6.21 Å². The number of hydrogen-bond donors (Lipinski definition) is 3. The van der Waals surface area contributed by atoms with Crippen molar-refractivity contribution in [2.45, 2.75) is 33.2 Å². The van der Waals surface area contributed by atoms with E-state index >= 15 is 0 Å². The van der Waals surface area contributed by atoms with E-state index in [2.05, 4.69) is 21.2 Å². The minimum Gasteiger partial charge on any atom is -0.494 e. The van der Waals surface area contributed by atoms with Crippen molar-refractivity contribution >= 4 is 29.6 Å². The average Bonchev–Trinajstić information content (AvgIpc) is 2.79. The molecule has 2 aromatic carbocycles. The zero-order chi connectivity index (χ0) is 23.3. The SMILES string of the molecule is CCOc1ccc(NC(=O)COc2ccc(/C=N\NC(=O)C(=O)N[C@@H](C)CC)cc2)cc1. The van der Waals surface area contributed by atoms with E-state index in [1.807, 2.05) is 20.8 Å². The molecule has 0 radical (unpaired) electrons. The van der Waals surface area contributed by atoms with Gasteiger partial charge >= 0.3 is 11.8 Å². The number of amides is 3. The van der Waals surface area contributed by atoms with Crippen LogP contribution >= 0.6 is 0 Å². The number of benzene rings is 2. The lowest BCUT2D eigenvalue weighted by Gasteiger charge is -2.09. The van der Waals surface area contributed by atoms with Gasteiger partial charge in [-0.2, -0.15) is 5.10 Å². The van der Waals surface area contributed by atoms with E-state index in [0.29, 0.717) is 23.6 Å². The summed E-state index contributed by atoms with van der Waals surface area (Å²) in [4.78, 5) is 35.3. The first-order valence-electron chi connectivity index (χ1n) is 10.3. The Morgan fingerprint density at radius 1 is 0.938 bits per heavy atom. The molecule has 9 nitrogen and oxygen atoms in total. The van der Waals surface area contributed by atoms with Crippen LogP contribution in [0.4, 0.5) is 5.69 Å². The smallest absolute Gasteiger partial charge is 0.329 e. The minimum atomic E-state index is -0.833. The van der Waals surface area contributed by atoms with Gasteiger partial charge in [-0.05, 0) is 74.4 Å². The summed E-state index contributed by atoms with van der Waals surface area (Å²) >= 11 is 0. The molecule has 0 bridgehead atoms. The molecule has 0 aliphatic heterocycles. The molecule has 2 aromatic rings. The molecule has 9 heteroatoms. The van der Waals surface area contributed by atoms with Gasteiger partial charge in [0.15, 0.2) is 6.61 Å². The fourth-order valence-corrected chi connectivity index (χ4v) is 2.40. The molecule has 1 atom stereocenters. The molecular formula is C23H28N4O5. The zero-order valence-electron chi connectivity index (χ0n) is 18.4. The van der Waals surface area contributed by atoms with Crippen LogP contribution in [0.2, 0.25) is 0 Å². The van der Waals surface area contributed by atoms with Crippen molar-refractivity contribution in [3.63, 3.8) is 0 Å². The Morgan fingerprint density at radius 2 is 1.56 bits per heavy atom. The lowest BCUT2D eigenvalue weighted by molar-refractivity contribution is -0.139. The average molecular weight is 441 g/mol. The van der Waals surface area contributed by atoms with Crippen molar-refractivity contribution < 1.29 is 23.9 Å². The Balaban J connectivity index is 1.76. The molecule has 3 N–H and O–H groups in total. The fraction of sp³-hybridized carbons (Fsp3) is 0.304. The molecular weight excluding hydrogens is 412 g/mol. The van der Waals surface area contributed by atoms with Gasteiger partial charge in [-0.25, -0.2) is 5.43 Å². The summed E-state index contributed by atoms with van der Waals surface area (Å²) in [6, 6.07) is 13.7. The summed E-state index contributed by atoms with van der Waals surface area (Å²) in [5, 5.41) is 9.06. The van der Waals surface area contributed by atoms with Gasteiger partial charge in [-0.15, -0.1) is 0 Å². The molecule has 3 amide bonds. The first-order chi connectivity index (χ1) is 15.4. The predicted molar refractivity (Wildman–Crippen MR) is 122 cm³/mol. The molecule has 0 aliphatic carbocycles. The van der Waals surface area contributed by atoms with Crippen LogP contribution in [0.5, 0.6) is 11.5 Å². The van der Waals surface area contributed by atoms with Crippen LogP contribution in [0.3, 0.4) is 0 Å². The summed E-state index contributed by atoms with van der Waals surface area (Å²) < 4.78 is 10.8. The maximum Gasteiger partial charge on any atom is 0.329 e. The first kappa shape index (κ1) is 24.4. The van der Waals surface area contributed by atoms with Crippen LogP contribution in [-0.2, 0) is 14.4 Å². The highest BCUT2D eigenvalue weighted by Crippen LogP contribution is 2.16. The van der Waals surface area contributed by atoms with E-state index in [1.54, 1.807) is 48.5 Å². The molecule has 0 aromatic heterocycles. The van der Waals surface area contributed by atoms with Gasteiger partial charge < -0.3 is 20.1 Å². The molecule has 0 aliphatic rings. The second kappa shape index (κ2) is 12.7. The van der Waals surface area contributed by atoms with Gasteiger partial charge in [0.2, 0.25) is 0 Å². The first-order valence-corrected chi connectivity index (χ1v) is 10.3. The number of carbonyl (C=O) groups excluding carboxylic acids is 3. The maximum absolute atomic E-state index is 12.0. The van der Waals surface area contributed by atoms with Gasteiger partial charge in [-0.1, -0.05) is 6.92 Å². The number of anilines is 1. The summed E-state index contributed by atoms with van der Waals surface area (Å²) in [6.07, 6.45) is 2.12.